The van der Waals surface area contributed by atoms with Crippen LogP contribution in [-0.4, -0.2) is 59.7 Å². The third-order valence-electron chi connectivity index (χ3n) is 5.64. The van der Waals surface area contributed by atoms with Crippen molar-refractivity contribution in [1.29, 1.82) is 0 Å². The topological polar surface area (TPSA) is 224 Å². The fourth-order valence-electron chi connectivity index (χ4n) is 3.54. The molecule has 40 heavy (non-hydrogen) atoms. The molecular formula is C26H34N8O6. The number of benzene rings is 2. The van der Waals surface area contributed by atoms with E-state index in [0.717, 1.165) is 0 Å². The van der Waals surface area contributed by atoms with Crippen LogP contribution in [0.4, 0.5) is 11.4 Å². The van der Waals surface area contributed by atoms with Crippen LogP contribution in [0, 0.1) is 16.0 Å². The van der Waals surface area contributed by atoms with Crippen molar-refractivity contribution >= 4 is 41.0 Å². The minimum Gasteiger partial charge on any atom is -0.370 e. The predicted molar refractivity (Wildman–Crippen MR) is 149 cm³/mol. The van der Waals surface area contributed by atoms with Gasteiger partial charge in [-0.1, -0.05) is 32.0 Å². The molecule has 0 unspecified atom stereocenters. The number of aliphatic imine (C=N–C) groups is 1. The highest BCUT2D eigenvalue weighted by molar-refractivity contribution is 5.99. The Hall–Kier alpha value is -5.01. The number of non-ortho nitro benzene ring substituents is 1. The van der Waals surface area contributed by atoms with Crippen molar-refractivity contribution in [2.75, 3.05) is 18.4 Å². The second-order valence-electron chi connectivity index (χ2n) is 9.14. The molecule has 2 aromatic rings. The number of nitro groups is 1. The normalized spacial score (nSPS) is 12.0. The van der Waals surface area contributed by atoms with E-state index in [1.54, 1.807) is 44.2 Å². The van der Waals surface area contributed by atoms with Gasteiger partial charge in [0.15, 0.2) is 5.96 Å². The molecule has 0 spiro atoms. The first-order chi connectivity index (χ1) is 19.0. The average Bonchev–Trinajstić information content (AvgIpc) is 2.92. The van der Waals surface area contributed by atoms with Gasteiger partial charge in [-0.3, -0.25) is 34.3 Å². The van der Waals surface area contributed by atoms with E-state index in [0.29, 0.717) is 17.7 Å². The molecular weight excluding hydrogens is 520 g/mol. The number of nitrogens with zero attached hydrogens (tertiary/aromatic N) is 2. The number of guanidine groups is 1. The van der Waals surface area contributed by atoms with Gasteiger partial charge in [-0.15, -0.1) is 0 Å². The van der Waals surface area contributed by atoms with Crippen LogP contribution in [0.15, 0.2) is 59.6 Å². The molecule has 214 valence electrons. The van der Waals surface area contributed by atoms with Crippen LogP contribution in [0.3, 0.4) is 0 Å². The Morgan fingerprint density at radius 3 is 2.17 bits per heavy atom. The zero-order chi connectivity index (χ0) is 29.7. The highest BCUT2D eigenvalue weighted by Gasteiger charge is 2.26. The van der Waals surface area contributed by atoms with Gasteiger partial charge in [0.05, 0.1) is 11.5 Å². The van der Waals surface area contributed by atoms with Gasteiger partial charge in [-0.25, -0.2) is 0 Å². The van der Waals surface area contributed by atoms with Crippen molar-refractivity contribution in [3.8, 4) is 0 Å². The molecule has 0 saturated carbocycles. The Morgan fingerprint density at radius 1 is 0.950 bits per heavy atom. The highest BCUT2D eigenvalue weighted by atomic mass is 16.6. The van der Waals surface area contributed by atoms with Gasteiger partial charge >= 0.3 is 0 Å². The Bertz CT molecular complexity index is 1210. The standard InChI is InChI=1S/C26H34N8O6/c1-16(2)22(33-23(36)17-7-4-3-5-8-17)25(38)30-15-21(35)32-20(9-6-14-29-26(27)28)24(37)31-18-10-12-19(13-11-18)34(39)40/h3-5,7-8,10-13,16,20,22H,6,9,14-15H2,1-2H3,(H,30,38)(H,31,37)(H,32,35)(H,33,36)(H4,27,28,29)/t20-,22-/m1/s1. The maximum Gasteiger partial charge on any atom is 0.269 e. The number of anilines is 1. The SMILES string of the molecule is CC(C)[C@@H](NC(=O)c1ccccc1)C(=O)NCC(=O)N[C@H](CCCN=C(N)N)C(=O)Nc1ccc([N+](=O)[O-])cc1. The van der Waals surface area contributed by atoms with E-state index in [9.17, 15) is 29.3 Å². The molecule has 2 aromatic carbocycles. The summed E-state index contributed by atoms with van der Waals surface area (Å²) in [6, 6.07) is 11.7. The van der Waals surface area contributed by atoms with Crippen molar-refractivity contribution in [3.05, 3.63) is 70.3 Å². The first kappa shape index (κ1) is 31.2. The van der Waals surface area contributed by atoms with Gasteiger partial charge in [0.2, 0.25) is 17.7 Å². The van der Waals surface area contributed by atoms with Crippen LogP contribution in [0.2, 0.25) is 0 Å². The first-order valence-corrected chi connectivity index (χ1v) is 12.5. The predicted octanol–water partition coefficient (Wildman–Crippen LogP) is 0.643. The number of carbonyl (C=O) groups is 4. The molecule has 2 rings (SSSR count). The third-order valence-corrected chi connectivity index (χ3v) is 5.64. The summed E-state index contributed by atoms with van der Waals surface area (Å²) in [5.74, 6) is -2.59. The van der Waals surface area contributed by atoms with E-state index >= 15 is 0 Å². The van der Waals surface area contributed by atoms with Crippen molar-refractivity contribution < 1.29 is 24.1 Å². The molecule has 0 bridgehead atoms. The maximum atomic E-state index is 12.9. The van der Waals surface area contributed by atoms with E-state index in [-0.39, 0.29) is 30.5 Å². The largest absolute Gasteiger partial charge is 0.370 e. The van der Waals surface area contributed by atoms with Gasteiger partial charge in [0, 0.05) is 29.9 Å². The molecule has 0 radical (unpaired) electrons. The molecule has 0 fully saturated rings. The number of nitrogens with two attached hydrogens (primary N) is 2. The van der Waals surface area contributed by atoms with Gasteiger partial charge < -0.3 is 32.7 Å². The number of rotatable bonds is 14. The molecule has 4 amide bonds. The highest BCUT2D eigenvalue weighted by Crippen LogP contribution is 2.16. The van der Waals surface area contributed by atoms with Crippen molar-refractivity contribution in [2.24, 2.45) is 22.4 Å². The van der Waals surface area contributed by atoms with Crippen molar-refractivity contribution in [1.82, 2.24) is 16.0 Å². The summed E-state index contributed by atoms with van der Waals surface area (Å²) in [7, 11) is 0. The number of amides is 4. The quantitative estimate of drug-likeness (QED) is 0.0637. The lowest BCUT2D eigenvalue weighted by atomic mass is 10.0. The Balaban J connectivity index is 2.01. The van der Waals surface area contributed by atoms with Crippen molar-refractivity contribution in [3.63, 3.8) is 0 Å². The number of hydrogen-bond acceptors (Lipinski definition) is 7. The molecule has 0 aromatic heterocycles. The molecule has 0 aliphatic rings. The van der Waals surface area contributed by atoms with Crippen LogP contribution in [0.25, 0.3) is 0 Å². The third kappa shape index (κ3) is 10.4. The summed E-state index contributed by atoms with van der Waals surface area (Å²) in [5, 5.41) is 21.2. The molecule has 0 aliphatic carbocycles. The van der Waals surface area contributed by atoms with Crippen LogP contribution in [-0.2, 0) is 14.4 Å². The summed E-state index contributed by atoms with van der Waals surface area (Å²) >= 11 is 0. The minimum absolute atomic E-state index is 0.113. The van der Waals surface area contributed by atoms with Crippen LogP contribution < -0.4 is 32.7 Å². The summed E-state index contributed by atoms with van der Waals surface area (Å²) in [5.41, 5.74) is 11.2. The zero-order valence-corrected chi connectivity index (χ0v) is 22.3. The lowest BCUT2D eigenvalue weighted by molar-refractivity contribution is -0.384. The molecule has 2 atom stereocenters. The van der Waals surface area contributed by atoms with E-state index < -0.39 is 47.2 Å². The fourth-order valence-corrected chi connectivity index (χ4v) is 3.54. The molecule has 14 nitrogen and oxygen atoms in total. The van der Waals surface area contributed by atoms with Crippen LogP contribution >= 0.6 is 0 Å². The van der Waals surface area contributed by atoms with Crippen LogP contribution in [0.1, 0.15) is 37.0 Å². The second kappa shape index (κ2) is 15.4. The summed E-state index contributed by atoms with van der Waals surface area (Å²) < 4.78 is 0. The lowest BCUT2D eigenvalue weighted by Crippen LogP contribution is -2.53. The van der Waals surface area contributed by atoms with Crippen LogP contribution in [0.5, 0.6) is 0 Å². The summed E-state index contributed by atoms with van der Waals surface area (Å²) in [4.78, 5) is 65.0. The number of nitro benzene ring substituents is 1. The Labute approximate surface area is 231 Å². The molecule has 14 heteroatoms. The molecule has 0 aliphatic heterocycles. The summed E-state index contributed by atoms with van der Waals surface area (Å²) in [6.07, 6.45) is 0.515. The second-order valence-corrected chi connectivity index (χ2v) is 9.14. The van der Waals surface area contributed by atoms with E-state index in [1.807, 2.05) is 0 Å². The first-order valence-electron chi connectivity index (χ1n) is 12.5. The number of hydrogen-bond donors (Lipinski definition) is 6. The maximum absolute atomic E-state index is 12.9. The average molecular weight is 555 g/mol. The van der Waals surface area contributed by atoms with Gasteiger partial charge in [-0.05, 0) is 43.0 Å². The lowest BCUT2D eigenvalue weighted by Gasteiger charge is -2.22. The molecule has 8 N–H and O–H groups in total. The molecule has 0 heterocycles. The van der Waals surface area contributed by atoms with Gasteiger partial charge in [0.25, 0.3) is 11.6 Å². The minimum atomic E-state index is -1.02. The van der Waals surface area contributed by atoms with E-state index in [2.05, 4.69) is 26.3 Å². The van der Waals surface area contributed by atoms with Gasteiger partial charge in [0.1, 0.15) is 12.1 Å². The number of nitrogens with one attached hydrogen (secondary N) is 4. The van der Waals surface area contributed by atoms with E-state index in [4.69, 9.17) is 11.5 Å². The Morgan fingerprint density at radius 2 is 1.60 bits per heavy atom. The number of carbonyl (C=O) groups excluding carboxylic acids is 4. The Kier molecular flexibility index (Phi) is 12.0. The zero-order valence-electron chi connectivity index (χ0n) is 22.3. The van der Waals surface area contributed by atoms with E-state index in [1.165, 1.54) is 24.3 Å². The van der Waals surface area contributed by atoms with Gasteiger partial charge in [-0.2, -0.15) is 0 Å². The molecule has 0 saturated heterocycles. The van der Waals surface area contributed by atoms with Crippen molar-refractivity contribution in [2.45, 2.75) is 38.8 Å². The monoisotopic (exact) mass is 554 g/mol. The smallest absolute Gasteiger partial charge is 0.269 e. The summed E-state index contributed by atoms with van der Waals surface area (Å²) in [6.45, 7) is 3.28. The fraction of sp³-hybridized carbons (Fsp3) is 0.346.